The van der Waals surface area contributed by atoms with Crippen molar-refractivity contribution in [3.05, 3.63) is 55.9 Å². The van der Waals surface area contributed by atoms with Gasteiger partial charge in [-0.15, -0.1) is 0 Å². The number of fused-ring (bicyclic) bond motifs is 1. The molecule has 0 saturated carbocycles. The summed E-state index contributed by atoms with van der Waals surface area (Å²) in [6.45, 7) is 5.87. The van der Waals surface area contributed by atoms with E-state index in [1.807, 2.05) is 0 Å². The van der Waals surface area contributed by atoms with E-state index < -0.39 is 46.4 Å². The van der Waals surface area contributed by atoms with Crippen molar-refractivity contribution >= 4 is 39.3 Å². The van der Waals surface area contributed by atoms with Crippen LogP contribution in [0.2, 0.25) is 0 Å². The number of carbonyl (C=O) groups excluding carboxylic acids is 2. The Balaban J connectivity index is 1.44. The number of aromatic nitrogens is 1. The van der Waals surface area contributed by atoms with E-state index in [2.05, 4.69) is 21.2 Å². The normalized spacial score (nSPS) is 20.1. The molecule has 1 unspecified atom stereocenters. The Labute approximate surface area is 239 Å². The van der Waals surface area contributed by atoms with E-state index in [1.165, 1.54) is 21.6 Å². The third-order valence-electron chi connectivity index (χ3n) is 7.68. The summed E-state index contributed by atoms with van der Waals surface area (Å²) < 4.78 is 37.4. The van der Waals surface area contributed by atoms with Gasteiger partial charge >= 0.3 is 6.09 Å². The monoisotopic (exact) mass is 622 g/mol. The molecule has 2 amide bonds. The number of halogens is 3. The highest BCUT2D eigenvalue weighted by atomic mass is 79.9. The summed E-state index contributed by atoms with van der Waals surface area (Å²) in [5, 5.41) is 14.2. The van der Waals surface area contributed by atoms with Gasteiger partial charge in [-0.1, -0.05) is 15.9 Å². The standard InChI is InChI=1S/C28H33BrF2N4O5/c1-27(2,3)40-26(38)35-11-5-4-8-20(35)28(39)14-33(15-28)24(36)21-19-7-6-12-34(19)25(37)22(31)23(21)32-18-10-9-16(29)13-17(18)30/h9-10,13,20,32,39H,4-8,11-12,14-15H2,1-3H3. The number of rotatable bonds is 4. The summed E-state index contributed by atoms with van der Waals surface area (Å²) >= 11 is 3.18. The summed E-state index contributed by atoms with van der Waals surface area (Å²) in [6.07, 6.45) is 2.57. The fraction of sp³-hybridized carbons (Fsp3) is 0.536. The number of hydrogen-bond donors (Lipinski definition) is 2. The van der Waals surface area contributed by atoms with Crippen molar-refractivity contribution in [1.82, 2.24) is 14.4 Å². The molecule has 0 bridgehead atoms. The largest absolute Gasteiger partial charge is 0.444 e. The molecule has 3 aliphatic rings. The van der Waals surface area contributed by atoms with E-state index >= 15 is 4.39 Å². The fourth-order valence-electron chi connectivity index (χ4n) is 5.87. The maximum Gasteiger partial charge on any atom is 0.410 e. The van der Waals surface area contributed by atoms with Gasteiger partial charge in [-0.2, -0.15) is 4.39 Å². The lowest BCUT2D eigenvalue weighted by Crippen LogP contribution is -2.73. The zero-order valence-electron chi connectivity index (χ0n) is 22.7. The van der Waals surface area contributed by atoms with Gasteiger partial charge in [0.25, 0.3) is 11.5 Å². The maximum atomic E-state index is 15.5. The molecule has 5 rings (SSSR count). The Morgan fingerprint density at radius 1 is 1.15 bits per heavy atom. The zero-order chi connectivity index (χ0) is 29.0. The van der Waals surface area contributed by atoms with Crippen molar-refractivity contribution in [3.8, 4) is 0 Å². The molecule has 2 saturated heterocycles. The van der Waals surface area contributed by atoms with Crippen molar-refractivity contribution in [2.45, 2.75) is 76.7 Å². The molecule has 3 aliphatic heterocycles. The van der Waals surface area contributed by atoms with Gasteiger partial charge in [0.05, 0.1) is 36.1 Å². The van der Waals surface area contributed by atoms with Crippen molar-refractivity contribution in [2.75, 3.05) is 25.0 Å². The van der Waals surface area contributed by atoms with E-state index in [0.29, 0.717) is 36.0 Å². The number of anilines is 2. The average molecular weight is 623 g/mol. The van der Waals surface area contributed by atoms with Crippen LogP contribution in [0, 0.1) is 11.6 Å². The number of β-amino-alcohol motifs (C(OH)–C–C–N with tert-alkyl or cyclic N) is 1. The second-order valence-corrected chi connectivity index (χ2v) is 12.7. The summed E-state index contributed by atoms with van der Waals surface area (Å²) in [6, 6.07) is 3.59. The summed E-state index contributed by atoms with van der Waals surface area (Å²) in [7, 11) is 0. The van der Waals surface area contributed by atoms with Gasteiger partial charge < -0.3 is 29.5 Å². The number of amides is 2. The number of ether oxygens (including phenoxy) is 1. The number of pyridine rings is 1. The highest BCUT2D eigenvalue weighted by molar-refractivity contribution is 9.10. The highest BCUT2D eigenvalue weighted by Gasteiger charge is 2.54. The van der Waals surface area contributed by atoms with Gasteiger partial charge in [-0.05, 0) is 71.1 Å². The van der Waals surface area contributed by atoms with Gasteiger partial charge in [-0.25, -0.2) is 9.18 Å². The van der Waals surface area contributed by atoms with Crippen LogP contribution in [-0.4, -0.2) is 68.4 Å². The first-order valence-electron chi connectivity index (χ1n) is 13.5. The number of aliphatic hydroxyl groups is 1. The molecule has 4 heterocycles. The number of carbonyl (C=O) groups is 2. The molecule has 2 N–H and O–H groups in total. The van der Waals surface area contributed by atoms with Crippen LogP contribution in [0.5, 0.6) is 0 Å². The fourth-order valence-corrected chi connectivity index (χ4v) is 6.20. The quantitative estimate of drug-likeness (QED) is 0.518. The van der Waals surface area contributed by atoms with Crippen LogP contribution in [0.3, 0.4) is 0 Å². The van der Waals surface area contributed by atoms with E-state index in [1.54, 1.807) is 31.7 Å². The van der Waals surface area contributed by atoms with Crippen LogP contribution in [0.1, 0.15) is 62.5 Å². The number of piperidine rings is 1. The minimum absolute atomic E-state index is 0.0494. The first-order valence-corrected chi connectivity index (χ1v) is 14.3. The third kappa shape index (κ3) is 5.23. The van der Waals surface area contributed by atoms with Crippen molar-refractivity contribution in [3.63, 3.8) is 0 Å². The Morgan fingerprint density at radius 2 is 1.88 bits per heavy atom. The molecule has 2 aromatic rings. The van der Waals surface area contributed by atoms with E-state index in [9.17, 15) is 23.9 Å². The highest BCUT2D eigenvalue weighted by Crippen LogP contribution is 2.38. The van der Waals surface area contributed by atoms with Crippen LogP contribution in [0.15, 0.2) is 27.5 Å². The number of nitrogens with one attached hydrogen (secondary N) is 1. The first-order chi connectivity index (χ1) is 18.8. The third-order valence-corrected chi connectivity index (χ3v) is 8.18. The molecule has 216 valence electrons. The minimum Gasteiger partial charge on any atom is -0.444 e. The SMILES string of the molecule is CC(C)(C)OC(=O)N1CCCCC1C1(O)CN(C(=O)c2c(Nc3ccc(Br)cc3F)c(F)c(=O)n3c2CCC3)C1. The second-order valence-electron chi connectivity index (χ2n) is 11.8. The van der Waals surface area contributed by atoms with Crippen LogP contribution in [0.25, 0.3) is 0 Å². The smallest absolute Gasteiger partial charge is 0.410 e. The van der Waals surface area contributed by atoms with E-state index in [-0.39, 0.29) is 36.6 Å². The maximum absolute atomic E-state index is 15.5. The lowest BCUT2D eigenvalue weighted by Gasteiger charge is -2.54. The minimum atomic E-state index is -1.37. The molecule has 1 aromatic carbocycles. The number of benzene rings is 1. The van der Waals surface area contributed by atoms with E-state index in [4.69, 9.17) is 4.74 Å². The topological polar surface area (TPSA) is 104 Å². The molecule has 12 heteroatoms. The Morgan fingerprint density at radius 3 is 2.55 bits per heavy atom. The number of likely N-dealkylation sites (tertiary alicyclic amines) is 2. The molecule has 9 nitrogen and oxygen atoms in total. The molecule has 1 atom stereocenters. The molecule has 0 radical (unpaired) electrons. The number of hydrogen-bond acceptors (Lipinski definition) is 6. The van der Waals surface area contributed by atoms with Crippen LogP contribution in [0.4, 0.5) is 25.0 Å². The van der Waals surface area contributed by atoms with Crippen LogP contribution in [-0.2, 0) is 17.7 Å². The predicted molar refractivity (Wildman–Crippen MR) is 148 cm³/mol. The summed E-state index contributed by atoms with van der Waals surface area (Å²) in [5.41, 5.74) is -3.09. The molecule has 0 spiro atoms. The Bertz CT molecular complexity index is 1420. The lowest BCUT2D eigenvalue weighted by molar-refractivity contribution is -0.137. The summed E-state index contributed by atoms with van der Waals surface area (Å²) in [4.78, 5) is 42.5. The predicted octanol–water partition coefficient (Wildman–Crippen LogP) is 4.56. The molecule has 1 aromatic heterocycles. The van der Waals surface area contributed by atoms with Gasteiger partial charge in [-0.3, -0.25) is 9.59 Å². The van der Waals surface area contributed by atoms with Crippen molar-refractivity contribution < 1.29 is 28.2 Å². The molecule has 0 aliphatic carbocycles. The average Bonchev–Trinajstić information content (AvgIpc) is 3.35. The Kier molecular flexibility index (Phi) is 7.45. The van der Waals surface area contributed by atoms with Gasteiger partial charge in [0, 0.05) is 23.3 Å². The Hall–Kier alpha value is -2.99. The van der Waals surface area contributed by atoms with Gasteiger partial charge in [0.2, 0.25) is 5.82 Å². The second kappa shape index (κ2) is 10.4. The van der Waals surface area contributed by atoms with Gasteiger partial charge in [0.15, 0.2) is 0 Å². The zero-order valence-corrected chi connectivity index (χ0v) is 24.3. The first kappa shape index (κ1) is 28.5. The van der Waals surface area contributed by atoms with E-state index in [0.717, 1.165) is 12.8 Å². The van der Waals surface area contributed by atoms with Crippen molar-refractivity contribution in [2.24, 2.45) is 0 Å². The molecular formula is C28H33BrF2N4O5. The summed E-state index contributed by atoms with van der Waals surface area (Å²) in [5.74, 6) is -2.44. The van der Waals surface area contributed by atoms with Crippen LogP contribution >= 0.6 is 15.9 Å². The molecular weight excluding hydrogens is 590 g/mol. The lowest BCUT2D eigenvalue weighted by atomic mass is 9.80. The van der Waals surface area contributed by atoms with Crippen molar-refractivity contribution in [1.29, 1.82) is 0 Å². The number of nitrogens with zero attached hydrogens (tertiary/aromatic N) is 3. The molecule has 2 fully saturated rings. The van der Waals surface area contributed by atoms with Crippen LogP contribution < -0.4 is 10.9 Å². The molecule has 40 heavy (non-hydrogen) atoms. The van der Waals surface area contributed by atoms with Gasteiger partial charge in [0.1, 0.15) is 17.0 Å².